The summed E-state index contributed by atoms with van der Waals surface area (Å²) in [6.07, 6.45) is 6.24. The van der Waals surface area contributed by atoms with Crippen molar-refractivity contribution in [1.29, 1.82) is 0 Å². The van der Waals surface area contributed by atoms with E-state index in [1.54, 1.807) is 0 Å². The molecule has 1 aromatic rings. The summed E-state index contributed by atoms with van der Waals surface area (Å²) < 4.78 is 1.50. The summed E-state index contributed by atoms with van der Waals surface area (Å²) >= 11 is -0.765. The van der Waals surface area contributed by atoms with Crippen LogP contribution in [0.2, 0.25) is 5.32 Å². The van der Waals surface area contributed by atoms with E-state index in [-0.39, 0.29) is 0 Å². The van der Waals surface area contributed by atoms with Crippen LogP contribution in [-0.4, -0.2) is 13.9 Å². The van der Waals surface area contributed by atoms with Gasteiger partial charge in [-0.2, -0.15) is 0 Å². The van der Waals surface area contributed by atoms with Gasteiger partial charge < -0.3 is 0 Å². The van der Waals surface area contributed by atoms with E-state index in [9.17, 15) is 0 Å². The first-order valence-electron chi connectivity index (χ1n) is 5.66. The summed E-state index contributed by atoms with van der Waals surface area (Å²) in [5, 5.41) is 1.21. The summed E-state index contributed by atoms with van der Waals surface area (Å²) in [7, 11) is 0. The molecule has 0 aromatic heterocycles. The summed E-state index contributed by atoms with van der Waals surface area (Å²) in [5.41, 5.74) is 3.78. The van der Waals surface area contributed by atoms with E-state index in [1.165, 1.54) is 20.9 Å². The second-order valence-electron chi connectivity index (χ2n) is 4.16. The first-order chi connectivity index (χ1) is 8.20. The molecule has 0 unspecified atom stereocenters. The van der Waals surface area contributed by atoms with Crippen LogP contribution in [0.25, 0.3) is 5.57 Å². The standard InChI is InChI=1S/C16H17Se/c1-4-5-14-10-11-17(12-14)16-8-6-15(7-9-16)13(2)3/h4-11H,1-2,12H2,3H3/b14-5-. The zero-order valence-corrected chi connectivity index (χ0v) is 11.9. The maximum atomic E-state index is 3.96. The molecule has 0 saturated heterocycles. The molecule has 1 aliphatic heterocycles. The predicted octanol–water partition coefficient (Wildman–Crippen LogP) is 3.64. The van der Waals surface area contributed by atoms with Gasteiger partial charge in [0.25, 0.3) is 0 Å². The van der Waals surface area contributed by atoms with E-state index in [4.69, 9.17) is 0 Å². The fraction of sp³-hybridized carbons (Fsp3) is 0.125. The third-order valence-corrected chi connectivity index (χ3v) is 6.92. The van der Waals surface area contributed by atoms with Crippen molar-refractivity contribution >= 4 is 23.9 Å². The molecule has 0 fully saturated rings. The fourth-order valence-corrected chi connectivity index (χ4v) is 5.55. The van der Waals surface area contributed by atoms with Gasteiger partial charge in [-0.05, 0) is 0 Å². The van der Waals surface area contributed by atoms with E-state index in [0.717, 1.165) is 5.57 Å². The van der Waals surface area contributed by atoms with E-state index < -0.39 is 13.9 Å². The van der Waals surface area contributed by atoms with Gasteiger partial charge in [-0.3, -0.25) is 0 Å². The van der Waals surface area contributed by atoms with Crippen molar-refractivity contribution in [2.45, 2.75) is 12.2 Å². The van der Waals surface area contributed by atoms with Crippen LogP contribution in [0, 0.1) is 0 Å². The third-order valence-electron chi connectivity index (χ3n) is 2.75. The first kappa shape index (κ1) is 12.2. The van der Waals surface area contributed by atoms with E-state index in [1.807, 2.05) is 13.0 Å². The molecule has 1 aromatic carbocycles. The van der Waals surface area contributed by atoms with Gasteiger partial charge in [0.15, 0.2) is 0 Å². The quantitative estimate of drug-likeness (QED) is 0.745. The number of allylic oxidation sites excluding steroid dienone is 5. The van der Waals surface area contributed by atoms with Crippen LogP contribution in [0.4, 0.5) is 0 Å². The molecule has 0 N–H and O–H groups in total. The van der Waals surface area contributed by atoms with Gasteiger partial charge in [0.05, 0.1) is 0 Å². The molecule has 87 valence electrons. The first-order valence-corrected chi connectivity index (χ1v) is 8.72. The summed E-state index contributed by atoms with van der Waals surface area (Å²) in [5.74, 6) is 0. The average Bonchev–Trinajstić information content (AvgIpc) is 2.78. The van der Waals surface area contributed by atoms with Crippen molar-refractivity contribution < 1.29 is 0 Å². The Kier molecular flexibility index (Phi) is 3.83. The molecule has 0 bridgehead atoms. The Balaban J connectivity index is 2.15. The average molecular weight is 288 g/mol. The van der Waals surface area contributed by atoms with Gasteiger partial charge in [-0.15, -0.1) is 0 Å². The molecule has 0 spiro atoms. The molecule has 17 heavy (non-hydrogen) atoms. The van der Waals surface area contributed by atoms with Crippen molar-refractivity contribution in [3.05, 3.63) is 71.8 Å². The van der Waals surface area contributed by atoms with E-state index in [0.29, 0.717) is 0 Å². The molecule has 0 aliphatic carbocycles. The molecule has 1 heterocycles. The minimum absolute atomic E-state index is 0.765. The Morgan fingerprint density at radius 1 is 1.29 bits per heavy atom. The van der Waals surface area contributed by atoms with Gasteiger partial charge >= 0.3 is 108 Å². The molecular formula is C16H17Se. The normalized spacial score (nSPS) is 17.6. The van der Waals surface area contributed by atoms with Crippen LogP contribution in [0.1, 0.15) is 12.5 Å². The zero-order valence-electron chi connectivity index (χ0n) is 10.1. The molecule has 1 heteroatoms. The summed E-state index contributed by atoms with van der Waals surface area (Å²) in [6, 6.07) is 8.89. The second kappa shape index (κ2) is 5.35. The van der Waals surface area contributed by atoms with Crippen molar-refractivity contribution in [2.75, 3.05) is 0 Å². The Hall–Kier alpha value is -1.30. The van der Waals surface area contributed by atoms with Gasteiger partial charge in [-0.25, -0.2) is 0 Å². The van der Waals surface area contributed by atoms with Gasteiger partial charge in [0, 0.05) is 0 Å². The van der Waals surface area contributed by atoms with Crippen molar-refractivity contribution in [2.24, 2.45) is 0 Å². The monoisotopic (exact) mass is 289 g/mol. The summed E-state index contributed by atoms with van der Waals surface area (Å²) in [4.78, 5) is 2.39. The van der Waals surface area contributed by atoms with Gasteiger partial charge in [0.1, 0.15) is 0 Å². The Labute approximate surface area is 108 Å². The number of rotatable bonds is 3. The van der Waals surface area contributed by atoms with Crippen LogP contribution in [0.5, 0.6) is 0 Å². The summed E-state index contributed by atoms with van der Waals surface area (Å²) in [6.45, 7) is 9.76. The minimum atomic E-state index is -0.765. The Morgan fingerprint density at radius 2 is 2.00 bits per heavy atom. The SMILES string of the molecule is C=C/C=C1/C=C[Se](c2ccc(C(=C)C)cc2)C1. The Morgan fingerprint density at radius 3 is 2.59 bits per heavy atom. The molecule has 0 amide bonds. The predicted molar refractivity (Wildman–Crippen MR) is 78.8 cm³/mol. The van der Waals surface area contributed by atoms with E-state index >= 15 is 0 Å². The Bertz CT molecular complexity index is 489. The fourth-order valence-electron chi connectivity index (χ4n) is 1.78. The second-order valence-corrected chi connectivity index (χ2v) is 8.12. The zero-order chi connectivity index (χ0) is 12.3. The molecule has 0 nitrogen and oxygen atoms in total. The topological polar surface area (TPSA) is 0 Å². The number of benzene rings is 1. The van der Waals surface area contributed by atoms with E-state index in [2.05, 4.69) is 54.5 Å². The third kappa shape index (κ3) is 2.88. The van der Waals surface area contributed by atoms with Crippen molar-refractivity contribution in [3.63, 3.8) is 0 Å². The number of hydrogen-bond acceptors (Lipinski definition) is 0. The molecule has 0 atom stereocenters. The maximum absolute atomic E-state index is 3.96. The van der Waals surface area contributed by atoms with Crippen LogP contribution in [0.3, 0.4) is 0 Å². The number of hydrogen-bond donors (Lipinski definition) is 0. The van der Waals surface area contributed by atoms with Gasteiger partial charge in [-0.1, -0.05) is 0 Å². The van der Waals surface area contributed by atoms with Crippen LogP contribution >= 0.6 is 0 Å². The molecule has 1 aliphatic rings. The molecule has 2 rings (SSSR count). The molecular weight excluding hydrogens is 271 g/mol. The van der Waals surface area contributed by atoms with Crippen LogP contribution in [0.15, 0.2) is 66.2 Å². The van der Waals surface area contributed by atoms with Gasteiger partial charge in [0.2, 0.25) is 0 Å². The van der Waals surface area contributed by atoms with Crippen LogP contribution in [-0.2, 0) is 0 Å². The molecule has 0 saturated carbocycles. The molecule has 1 radical (unpaired) electrons. The van der Waals surface area contributed by atoms with Crippen LogP contribution < -0.4 is 4.46 Å². The van der Waals surface area contributed by atoms with Crippen molar-refractivity contribution in [1.82, 2.24) is 0 Å². The van der Waals surface area contributed by atoms with Crippen molar-refractivity contribution in [3.8, 4) is 0 Å².